The number of carbonyl (C=O) groups excluding carboxylic acids is 1. The van der Waals surface area contributed by atoms with Gasteiger partial charge >= 0.3 is 0 Å². The van der Waals surface area contributed by atoms with Gasteiger partial charge in [0.25, 0.3) is 0 Å². The minimum atomic E-state index is 0.481. The summed E-state index contributed by atoms with van der Waals surface area (Å²) in [6.07, 6.45) is 8.04. The van der Waals surface area contributed by atoms with Gasteiger partial charge in [-0.05, 0) is 31.6 Å². The highest BCUT2D eigenvalue weighted by molar-refractivity contribution is 5.80. The first-order valence-corrected chi connectivity index (χ1v) is 7.18. The van der Waals surface area contributed by atoms with Crippen LogP contribution in [-0.4, -0.2) is 42.5 Å². The zero-order chi connectivity index (χ0) is 11.7. The number of hydrogen-bond donors (Lipinski definition) is 0. The number of ether oxygens (including phenoxy) is 1. The topological polar surface area (TPSA) is 29.5 Å². The number of piperidine rings is 2. The number of ketones is 1. The van der Waals surface area contributed by atoms with E-state index in [-0.39, 0.29) is 0 Å². The Labute approximate surface area is 104 Å². The van der Waals surface area contributed by atoms with E-state index in [9.17, 15) is 4.79 Å². The van der Waals surface area contributed by atoms with E-state index in [1.807, 2.05) is 0 Å². The number of nitrogens with zero attached hydrogens (tertiary/aromatic N) is 1. The Balaban J connectivity index is 1.45. The van der Waals surface area contributed by atoms with Gasteiger partial charge in [-0.15, -0.1) is 0 Å². The fourth-order valence-electron chi connectivity index (χ4n) is 3.34. The molecule has 3 fully saturated rings. The van der Waals surface area contributed by atoms with Gasteiger partial charge in [-0.1, -0.05) is 6.42 Å². The van der Waals surface area contributed by atoms with Crippen LogP contribution in [0.1, 0.15) is 44.9 Å². The van der Waals surface area contributed by atoms with Gasteiger partial charge in [0.1, 0.15) is 5.78 Å². The molecule has 2 aliphatic heterocycles. The number of fused-ring (bicyclic) bond motifs is 2. The molecule has 2 unspecified atom stereocenters. The minimum Gasteiger partial charge on any atom is -0.380 e. The SMILES string of the molecule is O=C1CC2CCCC(C1)N2CCOCC1CC1. The maximum Gasteiger partial charge on any atom is 0.136 e. The molecule has 2 atom stereocenters. The molecule has 0 N–H and O–H groups in total. The number of hydrogen-bond acceptors (Lipinski definition) is 3. The fraction of sp³-hybridized carbons (Fsp3) is 0.929. The number of Topliss-reactive ketones (excluding diaryl/α,β-unsaturated/α-hetero) is 1. The van der Waals surface area contributed by atoms with Crippen molar-refractivity contribution in [1.29, 1.82) is 0 Å². The molecule has 1 aliphatic carbocycles. The summed E-state index contributed by atoms with van der Waals surface area (Å²) in [5.41, 5.74) is 0. The van der Waals surface area contributed by atoms with Gasteiger partial charge in [0.2, 0.25) is 0 Å². The molecule has 0 aromatic heterocycles. The van der Waals surface area contributed by atoms with Crippen LogP contribution in [0.3, 0.4) is 0 Å². The summed E-state index contributed by atoms with van der Waals surface area (Å²) < 4.78 is 5.73. The first kappa shape index (κ1) is 11.7. The normalized spacial score (nSPS) is 34.0. The standard InChI is InChI=1S/C14H23NO2/c16-14-8-12-2-1-3-13(9-14)15(12)6-7-17-10-11-4-5-11/h11-13H,1-10H2. The summed E-state index contributed by atoms with van der Waals surface area (Å²) in [6, 6.07) is 1.05. The highest BCUT2D eigenvalue weighted by Gasteiger charge is 2.37. The number of carbonyl (C=O) groups is 1. The monoisotopic (exact) mass is 237 g/mol. The van der Waals surface area contributed by atoms with E-state index < -0.39 is 0 Å². The van der Waals surface area contributed by atoms with Crippen LogP contribution in [0.2, 0.25) is 0 Å². The van der Waals surface area contributed by atoms with E-state index in [4.69, 9.17) is 4.74 Å². The molecule has 3 heteroatoms. The van der Waals surface area contributed by atoms with Crippen molar-refractivity contribution in [3.05, 3.63) is 0 Å². The van der Waals surface area contributed by atoms with E-state index in [1.165, 1.54) is 32.1 Å². The molecule has 3 nitrogen and oxygen atoms in total. The lowest BCUT2D eigenvalue weighted by Gasteiger charge is -2.45. The van der Waals surface area contributed by atoms with Crippen molar-refractivity contribution in [3.63, 3.8) is 0 Å². The van der Waals surface area contributed by atoms with Crippen molar-refractivity contribution in [1.82, 2.24) is 4.90 Å². The van der Waals surface area contributed by atoms with E-state index >= 15 is 0 Å². The molecular formula is C14H23NO2. The zero-order valence-electron chi connectivity index (χ0n) is 10.6. The lowest BCUT2D eigenvalue weighted by molar-refractivity contribution is -0.127. The lowest BCUT2D eigenvalue weighted by atomic mass is 9.84. The van der Waals surface area contributed by atoms with E-state index in [2.05, 4.69) is 4.90 Å². The van der Waals surface area contributed by atoms with Gasteiger partial charge in [0, 0.05) is 38.1 Å². The molecule has 2 heterocycles. The van der Waals surface area contributed by atoms with Crippen LogP contribution in [0, 0.1) is 5.92 Å². The second-order valence-corrected chi connectivity index (χ2v) is 5.94. The summed E-state index contributed by atoms with van der Waals surface area (Å²) in [4.78, 5) is 14.1. The quantitative estimate of drug-likeness (QED) is 0.685. The van der Waals surface area contributed by atoms with Gasteiger partial charge < -0.3 is 4.74 Å². The molecular weight excluding hydrogens is 214 g/mol. The van der Waals surface area contributed by atoms with Crippen LogP contribution in [0.25, 0.3) is 0 Å². The average molecular weight is 237 g/mol. The summed E-state index contributed by atoms with van der Waals surface area (Å²) in [5, 5.41) is 0. The Morgan fingerprint density at radius 2 is 1.82 bits per heavy atom. The Kier molecular flexibility index (Phi) is 3.48. The van der Waals surface area contributed by atoms with Crippen LogP contribution >= 0.6 is 0 Å². The van der Waals surface area contributed by atoms with Gasteiger partial charge in [-0.25, -0.2) is 0 Å². The van der Waals surface area contributed by atoms with Crippen molar-refractivity contribution >= 4 is 5.78 Å². The van der Waals surface area contributed by atoms with E-state index in [0.29, 0.717) is 17.9 Å². The van der Waals surface area contributed by atoms with Crippen molar-refractivity contribution in [3.8, 4) is 0 Å². The highest BCUT2D eigenvalue weighted by Crippen LogP contribution is 2.32. The predicted octanol–water partition coefficient (Wildman–Crippen LogP) is 2.00. The number of rotatable bonds is 5. The Hall–Kier alpha value is -0.410. The Morgan fingerprint density at radius 1 is 1.12 bits per heavy atom. The third-order valence-corrected chi connectivity index (χ3v) is 4.48. The summed E-state index contributed by atoms with van der Waals surface area (Å²) >= 11 is 0. The zero-order valence-corrected chi connectivity index (χ0v) is 10.6. The third-order valence-electron chi connectivity index (χ3n) is 4.48. The van der Waals surface area contributed by atoms with Crippen molar-refractivity contribution < 1.29 is 9.53 Å². The molecule has 2 bridgehead atoms. The van der Waals surface area contributed by atoms with E-state index in [1.54, 1.807) is 0 Å². The van der Waals surface area contributed by atoms with Crippen LogP contribution in [-0.2, 0) is 9.53 Å². The Morgan fingerprint density at radius 3 is 2.47 bits per heavy atom. The molecule has 0 amide bonds. The first-order chi connectivity index (χ1) is 8.33. The second-order valence-electron chi connectivity index (χ2n) is 5.94. The van der Waals surface area contributed by atoms with Crippen LogP contribution in [0.15, 0.2) is 0 Å². The van der Waals surface area contributed by atoms with Crippen LogP contribution in [0.5, 0.6) is 0 Å². The first-order valence-electron chi connectivity index (χ1n) is 7.18. The van der Waals surface area contributed by atoms with Crippen molar-refractivity contribution in [2.24, 2.45) is 5.92 Å². The highest BCUT2D eigenvalue weighted by atomic mass is 16.5. The smallest absolute Gasteiger partial charge is 0.136 e. The van der Waals surface area contributed by atoms with Crippen LogP contribution < -0.4 is 0 Å². The summed E-state index contributed by atoms with van der Waals surface area (Å²) in [7, 11) is 0. The van der Waals surface area contributed by atoms with Crippen molar-refractivity contribution in [2.75, 3.05) is 19.8 Å². The third kappa shape index (κ3) is 2.89. The molecule has 96 valence electrons. The van der Waals surface area contributed by atoms with E-state index in [0.717, 1.165) is 38.5 Å². The van der Waals surface area contributed by atoms with Gasteiger partial charge in [0.15, 0.2) is 0 Å². The van der Waals surface area contributed by atoms with Crippen molar-refractivity contribution in [2.45, 2.75) is 57.0 Å². The maximum absolute atomic E-state index is 11.6. The molecule has 0 aromatic carbocycles. The largest absolute Gasteiger partial charge is 0.380 e. The van der Waals surface area contributed by atoms with Crippen LogP contribution in [0.4, 0.5) is 0 Å². The molecule has 0 spiro atoms. The summed E-state index contributed by atoms with van der Waals surface area (Å²) in [6.45, 7) is 2.86. The Bertz CT molecular complexity index is 272. The lowest BCUT2D eigenvalue weighted by Crippen LogP contribution is -2.53. The molecule has 0 aromatic rings. The molecule has 3 rings (SSSR count). The second kappa shape index (κ2) is 5.07. The molecule has 17 heavy (non-hydrogen) atoms. The van der Waals surface area contributed by atoms with Gasteiger partial charge in [-0.3, -0.25) is 9.69 Å². The maximum atomic E-state index is 11.6. The summed E-state index contributed by atoms with van der Waals surface area (Å²) in [5.74, 6) is 1.34. The molecule has 0 radical (unpaired) electrons. The molecule has 2 saturated heterocycles. The average Bonchev–Trinajstić information content (AvgIpc) is 3.08. The minimum absolute atomic E-state index is 0.481. The van der Waals surface area contributed by atoms with Gasteiger partial charge in [0.05, 0.1) is 6.61 Å². The van der Waals surface area contributed by atoms with Gasteiger partial charge in [-0.2, -0.15) is 0 Å². The predicted molar refractivity (Wildman–Crippen MR) is 65.9 cm³/mol. The fourth-order valence-corrected chi connectivity index (χ4v) is 3.34. The molecule has 3 aliphatic rings. The molecule has 1 saturated carbocycles.